The van der Waals surface area contributed by atoms with Crippen LogP contribution < -0.4 is 16.6 Å². The quantitative estimate of drug-likeness (QED) is 0.876. The number of carbonyl (C=O) groups excluding carboxylic acids is 2. The Hall–Kier alpha value is -2.31. The number of aromatic nitrogens is 1. The van der Waals surface area contributed by atoms with E-state index in [1.807, 2.05) is 0 Å². The van der Waals surface area contributed by atoms with Gasteiger partial charge >= 0.3 is 6.03 Å². The lowest BCUT2D eigenvalue weighted by Crippen LogP contribution is -2.37. The molecule has 0 radical (unpaired) electrons. The van der Waals surface area contributed by atoms with Crippen molar-refractivity contribution in [2.24, 2.45) is 17.6 Å². The van der Waals surface area contributed by atoms with E-state index in [4.69, 9.17) is 5.73 Å². The number of hydrogen-bond donors (Lipinski definition) is 2. The molecule has 0 aromatic carbocycles. The van der Waals surface area contributed by atoms with Crippen LogP contribution in [0.5, 0.6) is 0 Å². The smallest absolute Gasteiger partial charge is 0.321 e. The number of nitrogens with zero attached hydrogens (tertiary/aromatic N) is 2. The summed E-state index contributed by atoms with van der Waals surface area (Å²) in [7, 11) is 0. The Bertz CT molecular complexity index is 640. The first-order valence-corrected chi connectivity index (χ1v) is 7.90. The molecule has 3 amide bonds. The average molecular weight is 320 g/mol. The number of primary amides is 1. The van der Waals surface area contributed by atoms with Crippen LogP contribution in [0.2, 0.25) is 0 Å². The van der Waals surface area contributed by atoms with E-state index in [1.165, 1.54) is 22.9 Å². The van der Waals surface area contributed by atoms with Gasteiger partial charge in [-0.3, -0.25) is 9.59 Å². The number of pyridine rings is 1. The molecule has 2 atom stereocenters. The molecule has 7 heteroatoms. The highest BCUT2D eigenvalue weighted by atomic mass is 16.2. The number of amides is 3. The second-order valence-corrected chi connectivity index (χ2v) is 6.46. The summed E-state index contributed by atoms with van der Waals surface area (Å²) in [5, 5.41) is 2.79. The maximum Gasteiger partial charge on any atom is 0.321 e. The topological polar surface area (TPSA) is 97.4 Å². The molecule has 1 aromatic rings. The summed E-state index contributed by atoms with van der Waals surface area (Å²) < 4.78 is 1.19. The third-order valence-electron chi connectivity index (χ3n) is 4.08. The molecule has 0 bridgehead atoms. The fourth-order valence-electron chi connectivity index (χ4n) is 3.01. The number of likely N-dealkylation sites (tertiary alicyclic amines) is 1. The van der Waals surface area contributed by atoms with Crippen LogP contribution in [-0.2, 0) is 11.3 Å². The second-order valence-electron chi connectivity index (χ2n) is 6.46. The van der Waals surface area contributed by atoms with Crippen molar-refractivity contribution in [2.45, 2.75) is 33.2 Å². The van der Waals surface area contributed by atoms with E-state index in [-0.39, 0.29) is 18.1 Å². The summed E-state index contributed by atoms with van der Waals surface area (Å²) in [5.41, 5.74) is 5.25. The number of nitrogens with two attached hydrogens (primary N) is 1. The van der Waals surface area contributed by atoms with Crippen molar-refractivity contribution in [1.82, 2.24) is 9.47 Å². The molecular weight excluding hydrogens is 296 g/mol. The van der Waals surface area contributed by atoms with Crippen LogP contribution in [0, 0.1) is 11.8 Å². The summed E-state index contributed by atoms with van der Waals surface area (Å²) in [5.74, 6) is 0.466. The van der Waals surface area contributed by atoms with Crippen LogP contribution in [0.1, 0.15) is 26.7 Å². The monoisotopic (exact) mass is 320 g/mol. The van der Waals surface area contributed by atoms with E-state index >= 15 is 0 Å². The molecule has 2 rings (SSSR count). The Morgan fingerprint density at radius 1 is 1.30 bits per heavy atom. The number of hydrogen-bond acceptors (Lipinski definition) is 3. The van der Waals surface area contributed by atoms with E-state index in [0.717, 1.165) is 25.9 Å². The Morgan fingerprint density at radius 3 is 2.74 bits per heavy atom. The van der Waals surface area contributed by atoms with E-state index in [2.05, 4.69) is 19.2 Å². The Labute approximate surface area is 135 Å². The third kappa shape index (κ3) is 4.84. The van der Waals surface area contributed by atoms with Gasteiger partial charge in [0.25, 0.3) is 5.56 Å². The van der Waals surface area contributed by atoms with Crippen LogP contribution in [0.25, 0.3) is 0 Å². The van der Waals surface area contributed by atoms with Gasteiger partial charge in [-0.15, -0.1) is 0 Å². The summed E-state index contributed by atoms with van der Waals surface area (Å²) in [6.07, 6.45) is 3.54. The molecule has 23 heavy (non-hydrogen) atoms. The molecule has 0 aliphatic carbocycles. The van der Waals surface area contributed by atoms with E-state index in [9.17, 15) is 14.4 Å². The van der Waals surface area contributed by atoms with Crippen LogP contribution >= 0.6 is 0 Å². The van der Waals surface area contributed by atoms with E-state index < -0.39 is 5.91 Å². The predicted octanol–water partition coefficient (Wildman–Crippen LogP) is 1.23. The number of rotatable bonds is 3. The van der Waals surface area contributed by atoms with Gasteiger partial charge in [-0.2, -0.15) is 0 Å². The minimum Gasteiger partial charge on any atom is -0.368 e. The summed E-state index contributed by atoms with van der Waals surface area (Å²) in [6, 6.07) is 2.66. The maximum atomic E-state index is 12.4. The van der Waals surface area contributed by atoms with Gasteiger partial charge in [0, 0.05) is 25.4 Å². The van der Waals surface area contributed by atoms with Gasteiger partial charge in [0.1, 0.15) is 6.54 Å². The maximum absolute atomic E-state index is 12.4. The molecule has 7 nitrogen and oxygen atoms in total. The van der Waals surface area contributed by atoms with Crippen LogP contribution in [-0.4, -0.2) is 34.5 Å². The predicted molar refractivity (Wildman–Crippen MR) is 88.1 cm³/mol. The standard InChI is InChI=1S/C16H24N4O3/c1-11-5-6-19(8-12(2)7-11)16(23)18-13-3-4-15(22)20(9-13)10-14(17)21/h3-4,9,11-12H,5-8,10H2,1-2H3,(H2,17,21)(H,18,23)/t11-,12-/m1/s1. The van der Waals surface area contributed by atoms with Gasteiger partial charge in [0.2, 0.25) is 5.91 Å². The van der Waals surface area contributed by atoms with E-state index in [1.54, 1.807) is 4.90 Å². The normalized spacial score (nSPS) is 21.6. The van der Waals surface area contributed by atoms with Crippen molar-refractivity contribution in [3.63, 3.8) is 0 Å². The molecule has 0 spiro atoms. The first kappa shape index (κ1) is 17.1. The van der Waals surface area contributed by atoms with Crippen molar-refractivity contribution < 1.29 is 9.59 Å². The summed E-state index contributed by atoms with van der Waals surface area (Å²) >= 11 is 0. The molecule has 126 valence electrons. The Kier molecular flexibility index (Phi) is 5.41. The molecule has 0 saturated carbocycles. The third-order valence-corrected chi connectivity index (χ3v) is 4.08. The number of anilines is 1. The molecule has 1 saturated heterocycles. The van der Waals surface area contributed by atoms with Crippen molar-refractivity contribution in [3.05, 3.63) is 28.7 Å². The average Bonchev–Trinajstić information content (AvgIpc) is 2.62. The molecule has 1 fully saturated rings. The number of carbonyl (C=O) groups is 2. The number of nitrogens with one attached hydrogen (secondary N) is 1. The molecular formula is C16H24N4O3. The largest absolute Gasteiger partial charge is 0.368 e. The second kappa shape index (κ2) is 7.30. The molecule has 0 unspecified atom stereocenters. The van der Waals surface area contributed by atoms with Crippen molar-refractivity contribution >= 4 is 17.6 Å². The van der Waals surface area contributed by atoms with Crippen molar-refractivity contribution in [1.29, 1.82) is 0 Å². The summed E-state index contributed by atoms with van der Waals surface area (Å²) in [6.45, 7) is 5.59. The van der Waals surface area contributed by atoms with Gasteiger partial charge in [0.05, 0.1) is 5.69 Å². The van der Waals surface area contributed by atoms with Crippen molar-refractivity contribution in [2.75, 3.05) is 18.4 Å². The zero-order valence-electron chi connectivity index (χ0n) is 13.6. The van der Waals surface area contributed by atoms with Gasteiger partial charge in [-0.25, -0.2) is 4.79 Å². The lowest BCUT2D eigenvalue weighted by molar-refractivity contribution is -0.118. The minimum atomic E-state index is -0.606. The first-order valence-electron chi connectivity index (χ1n) is 7.90. The molecule has 1 aliphatic rings. The highest BCUT2D eigenvalue weighted by Gasteiger charge is 2.22. The van der Waals surface area contributed by atoms with E-state index in [0.29, 0.717) is 17.5 Å². The fourth-order valence-corrected chi connectivity index (χ4v) is 3.01. The highest BCUT2D eigenvalue weighted by molar-refractivity contribution is 5.89. The van der Waals surface area contributed by atoms with Gasteiger partial charge < -0.3 is 20.5 Å². The van der Waals surface area contributed by atoms with Crippen LogP contribution in [0.15, 0.2) is 23.1 Å². The molecule has 1 aromatic heterocycles. The molecule has 2 heterocycles. The van der Waals surface area contributed by atoms with Crippen LogP contribution in [0.3, 0.4) is 0 Å². The minimum absolute atomic E-state index is 0.185. The Balaban J connectivity index is 2.07. The lowest BCUT2D eigenvalue weighted by atomic mass is 9.97. The summed E-state index contributed by atoms with van der Waals surface area (Å²) in [4.78, 5) is 36.9. The van der Waals surface area contributed by atoms with Gasteiger partial charge in [0.15, 0.2) is 0 Å². The fraction of sp³-hybridized carbons (Fsp3) is 0.562. The first-order chi connectivity index (χ1) is 10.8. The zero-order valence-corrected chi connectivity index (χ0v) is 13.6. The highest BCUT2D eigenvalue weighted by Crippen LogP contribution is 2.21. The zero-order chi connectivity index (χ0) is 17.0. The molecule has 3 N–H and O–H groups in total. The Morgan fingerprint density at radius 2 is 2.04 bits per heavy atom. The van der Waals surface area contributed by atoms with Gasteiger partial charge in [-0.05, 0) is 30.7 Å². The van der Waals surface area contributed by atoms with Gasteiger partial charge in [-0.1, -0.05) is 13.8 Å². The molecule has 1 aliphatic heterocycles. The van der Waals surface area contributed by atoms with Crippen molar-refractivity contribution in [3.8, 4) is 0 Å². The SMILES string of the molecule is C[C@@H]1CCN(C(=O)Nc2ccc(=O)n(CC(N)=O)c2)C[C@H](C)C1. The lowest BCUT2D eigenvalue weighted by Gasteiger charge is -2.23. The number of urea groups is 1. The van der Waals surface area contributed by atoms with Crippen LogP contribution in [0.4, 0.5) is 10.5 Å².